The second kappa shape index (κ2) is 7.81. The lowest BCUT2D eigenvalue weighted by molar-refractivity contribution is -0.143. The van der Waals surface area contributed by atoms with Crippen LogP contribution in [-0.4, -0.2) is 38.4 Å². The van der Waals surface area contributed by atoms with Crippen molar-refractivity contribution in [3.8, 4) is 0 Å². The van der Waals surface area contributed by atoms with Crippen LogP contribution < -0.4 is 0 Å². The quantitative estimate of drug-likeness (QED) is 0.556. The molecule has 0 unspecified atom stereocenters. The number of hydrogen-bond acceptors (Lipinski definition) is 5. The standard InChI is InChI=1S/C16H23NO5S/c1-2-22-15(18)11-5-3-4-8-12-17-16(19)13-9-6-7-10-14(13)23(17,20)21/h6-7,9-10,20-21H,2-5,8,11-12H2,1H3. The number of unbranched alkanes of at least 4 members (excludes halogenated alkanes) is 3. The van der Waals surface area contributed by atoms with Gasteiger partial charge in [-0.05, 0) is 31.9 Å². The fraction of sp³-hybridized carbons (Fsp3) is 0.500. The van der Waals surface area contributed by atoms with Crippen LogP contribution in [-0.2, 0) is 9.53 Å². The zero-order valence-electron chi connectivity index (χ0n) is 13.2. The summed E-state index contributed by atoms with van der Waals surface area (Å²) in [5, 5.41) is 0. The highest BCUT2D eigenvalue weighted by Crippen LogP contribution is 2.58. The van der Waals surface area contributed by atoms with E-state index in [0.717, 1.165) is 19.3 Å². The lowest BCUT2D eigenvalue weighted by Crippen LogP contribution is -2.28. The first kappa shape index (κ1) is 17.8. The lowest BCUT2D eigenvalue weighted by atomic mass is 10.1. The van der Waals surface area contributed by atoms with Crippen molar-refractivity contribution in [1.82, 2.24) is 4.31 Å². The van der Waals surface area contributed by atoms with Crippen molar-refractivity contribution in [2.24, 2.45) is 0 Å². The van der Waals surface area contributed by atoms with Gasteiger partial charge in [0.1, 0.15) is 0 Å². The van der Waals surface area contributed by atoms with Crippen molar-refractivity contribution < 1.29 is 23.4 Å². The van der Waals surface area contributed by atoms with Crippen LogP contribution >= 0.6 is 10.8 Å². The van der Waals surface area contributed by atoms with Crippen molar-refractivity contribution in [2.75, 3.05) is 13.2 Å². The lowest BCUT2D eigenvalue weighted by Gasteiger charge is -2.36. The Morgan fingerprint density at radius 3 is 2.57 bits per heavy atom. The van der Waals surface area contributed by atoms with E-state index in [1.807, 2.05) is 0 Å². The Bertz CT molecular complexity index is 575. The van der Waals surface area contributed by atoms with Crippen LogP contribution in [0.2, 0.25) is 0 Å². The fourth-order valence-electron chi connectivity index (χ4n) is 2.59. The number of ether oxygens (including phenoxy) is 1. The highest BCUT2D eigenvalue weighted by molar-refractivity contribution is 8.23. The molecule has 0 radical (unpaired) electrons. The van der Waals surface area contributed by atoms with Gasteiger partial charge in [-0.3, -0.25) is 18.7 Å². The van der Waals surface area contributed by atoms with E-state index in [-0.39, 0.29) is 11.9 Å². The molecule has 0 aliphatic carbocycles. The molecule has 23 heavy (non-hydrogen) atoms. The van der Waals surface area contributed by atoms with Gasteiger partial charge in [0.15, 0.2) is 0 Å². The van der Waals surface area contributed by atoms with E-state index in [9.17, 15) is 18.7 Å². The first-order valence-electron chi connectivity index (χ1n) is 7.83. The van der Waals surface area contributed by atoms with Crippen molar-refractivity contribution in [3.05, 3.63) is 29.8 Å². The van der Waals surface area contributed by atoms with Crippen molar-refractivity contribution in [3.63, 3.8) is 0 Å². The van der Waals surface area contributed by atoms with Crippen LogP contribution in [0.25, 0.3) is 0 Å². The predicted octanol–water partition coefficient (Wildman–Crippen LogP) is 3.68. The molecule has 2 N–H and O–H groups in total. The van der Waals surface area contributed by atoms with E-state index in [1.165, 1.54) is 4.31 Å². The zero-order chi connectivity index (χ0) is 16.9. The number of carbonyl (C=O) groups is 2. The van der Waals surface area contributed by atoms with Gasteiger partial charge >= 0.3 is 5.97 Å². The maximum absolute atomic E-state index is 12.3. The summed E-state index contributed by atoms with van der Waals surface area (Å²) in [6.45, 7) is 2.48. The molecule has 1 aromatic rings. The zero-order valence-corrected chi connectivity index (χ0v) is 14.1. The Morgan fingerprint density at radius 2 is 1.87 bits per heavy atom. The van der Waals surface area contributed by atoms with Gasteiger partial charge in [-0.15, -0.1) is 0 Å². The third-order valence-corrected chi connectivity index (χ3v) is 5.65. The first-order chi connectivity index (χ1) is 11.0. The normalized spacial score (nSPS) is 17.0. The van der Waals surface area contributed by atoms with Crippen LogP contribution in [0.15, 0.2) is 29.2 Å². The number of nitrogens with zero attached hydrogens (tertiary/aromatic N) is 1. The fourth-order valence-corrected chi connectivity index (χ4v) is 4.25. The summed E-state index contributed by atoms with van der Waals surface area (Å²) in [6.07, 6.45) is 3.46. The third-order valence-electron chi connectivity index (χ3n) is 3.74. The monoisotopic (exact) mass is 341 g/mol. The molecule has 0 aromatic heterocycles. The van der Waals surface area contributed by atoms with Gasteiger partial charge in [-0.25, -0.2) is 4.31 Å². The molecule has 1 amide bonds. The van der Waals surface area contributed by atoms with E-state index >= 15 is 0 Å². The summed E-state index contributed by atoms with van der Waals surface area (Å²) in [6, 6.07) is 6.61. The molecule has 0 spiro atoms. The van der Waals surface area contributed by atoms with Crippen molar-refractivity contribution >= 4 is 22.7 Å². The van der Waals surface area contributed by atoms with Gasteiger partial charge in [-0.2, -0.15) is 0 Å². The number of carbonyl (C=O) groups excluding carboxylic acids is 2. The molecule has 1 aliphatic heterocycles. The van der Waals surface area contributed by atoms with Gasteiger partial charge in [0.25, 0.3) is 5.91 Å². The third kappa shape index (κ3) is 4.04. The SMILES string of the molecule is CCOC(=O)CCCCCCN1C(=O)c2ccccc2S1(O)O. The number of fused-ring (bicyclic) bond motifs is 1. The maximum Gasteiger partial charge on any atom is 0.305 e. The topological polar surface area (TPSA) is 87.1 Å². The minimum Gasteiger partial charge on any atom is -0.466 e. The predicted molar refractivity (Wildman–Crippen MR) is 88.3 cm³/mol. The molecule has 0 fully saturated rings. The highest BCUT2D eigenvalue weighted by atomic mass is 32.3. The van der Waals surface area contributed by atoms with Gasteiger partial charge in [0.05, 0.1) is 17.1 Å². The Morgan fingerprint density at radius 1 is 1.17 bits per heavy atom. The average molecular weight is 341 g/mol. The van der Waals surface area contributed by atoms with E-state index < -0.39 is 10.8 Å². The molecular formula is C16H23NO5S. The van der Waals surface area contributed by atoms with Crippen LogP contribution in [0.1, 0.15) is 49.4 Å². The summed E-state index contributed by atoms with van der Waals surface area (Å²) < 4.78 is 26.6. The molecule has 1 aliphatic rings. The largest absolute Gasteiger partial charge is 0.466 e. The molecule has 0 saturated heterocycles. The summed E-state index contributed by atoms with van der Waals surface area (Å²) >= 11 is 0. The minimum atomic E-state index is -3.20. The summed E-state index contributed by atoms with van der Waals surface area (Å²) in [7, 11) is -3.20. The molecule has 128 valence electrons. The summed E-state index contributed by atoms with van der Waals surface area (Å²) in [5.74, 6) is -0.515. The smallest absolute Gasteiger partial charge is 0.305 e. The second-order valence-corrected chi connectivity index (χ2v) is 7.31. The maximum atomic E-state index is 12.3. The van der Waals surface area contributed by atoms with E-state index in [2.05, 4.69) is 0 Å². The van der Waals surface area contributed by atoms with Gasteiger partial charge < -0.3 is 4.74 Å². The Balaban J connectivity index is 1.77. The van der Waals surface area contributed by atoms with Crippen LogP contribution in [0.5, 0.6) is 0 Å². The summed E-state index contributed by atoms with van der Waals surface area (Å²) in [5.41, 5.74) is 0.370. The van der Waals surface area contributed by atoms with Crippen LogP contribution in [0.3, 0.4) is 0 Å². The molecule has 1 aromatic carbocycles. The highest BCUT2D eigenvalue weighted by Gasteiger charge is 2.40. The van der Waals surface area contributed by atoms with Crippen molar-refractivity contribution in [2.45, 2.75) is 43.9 Å². The molecule has 0 bridgehead atoms. The van der Waals surface area contributed by atoms with E-state index in [0.29, 0.717) is 36.5 Å². The molecular weight excluding hydrogens is 318 g/mol. The molecule has 2 rings (SSSR count). The van der Waals surface area contributed by atoms with Gasteiger partial charge in [0.2, 0.25) is 0 Å². The second-order valence-electron chi connectivity index (χ2n) is 5.39. The number of hydrogen-bond donors (Lipinski definition) is 2. The number of amides is 1. The summed E-state index contributed by atoms with van der Waals surface area (Å²) in [4.78, 5) is 23.8. The van der Waals surface area contributed by atoms with E-state index in [4.69, 9.17) is 4.74 Å². The average Bonchev–Trinajstić information content (AvgIpc) is 2.71. The number of benzene rings is 1. The molecule has 0 atom stereocenters. The van der Waals surface area contributed by atoms with Crippen molar-refractivity contribution in [1.29, 1.82) is 0 Å². The molecule has 7 heteroatoms. The first-order valence-corrected chi connectivity index (χ1v) is 9.33. The number of esters is 1. The Labute approximate surface area is 137 Å². The van der Waals surface area contributed by atoms with Gasteiger partial charge in [0, 0.05) is 13.0 Å². The molecule has 6 nitrogen and oxygen atoms in total. The molecule has 1 heterocycles. The Kier molecular flexibility index (Phi) is 6.04. The Hall–Kier alpha value is -1.57. The van der Waals surface area contributed by atoms with E-state index in [1.54, 1.807) is 31.2 Å². The van der Waals surface area contributed by atoms with Gasteiger partial charge in [-0.1, -0.05) is 35.8 Å². The minimum absolute atomic E-state index is 0.188. The van der Waals surface area contributed by atoms with Crippen LogP contribution in [0.4, 0.5) is 0 Å². The molecule has 0 saturated carbocycles. The number of rotatable bonds is 8. The van der Waals surface area contributed by atoms with Crippen LogP contribution in [0, 0.1) is 0 Å².